The average molecular weight is 304 g/mol. The van der Waals surface area contributed by atoms with Crippen molar-refractivity contribution in [2.45, 2.75) is 0 Å². The number of H-pyrrole nitrogens is 1. The van der Waals surface area contributed by atoms with E-state index < -0.39 is 5.82 Å². The van der Waals surface area contributed by atoms with Gasteiger partial charge < -0.3 is 11.5 Å². The summed E-state index contributed by atoms with van der Waals surface area (Å²) in [5, 5.41) is 6.97. The molecule has 5 nitrogen and oxygen atoms in total. The van der Waals surface area contributed by atoms with Gasteiger partial charge in [-0.3, -0.25) is 5.10 Å². The van der Waals surface area contributed by atoms with E-state index in [-0.39, 0.29) is 0 Å². The topological polar surface area (TPSA) is 93.6 Å². The minimum atomic E-state index is -0.401. The van der Waals surface area contributed by atoms with Gasteiger partial charge in [-0.15, -0.1) is 0 Å². The molecule has 0 fully saturated rings. The molecule has 3 rings (SSSR count). The van der Waals surface area contributed by atoms with Crippen LogP contribution in [0.15, 0.2) is 36.5 Å². The van der Waals surface area contributed by atoms with Crippen molar-refractivity contribution in [2.75, 3.05) is 11.5 Å². The van der Waals surface area contributed by atoms with Crippen molar-refractivity contribution in [1.82, 2.24) is 15.2 Å². The summed E-state index contributed by atoms with van der Waals surface area (Å²) in [6, 6.07) is 7.76. The maximum absolute atomic E-state index is 13.9. The normalized spacial score (nSPS) is 10.8. The number of nitrogens with zero attached hydrogens (tertiary/aromatic N) is 2. The maximum atomic E-state index is 13.9. The second-order valence-electron chi connectivity index (χ2n) is 4.52. The van der Waals surface area contributed by atoms with Crippen LogP contribution in [-0.4, -0.2) is 15.2 Å². The number of anilines is 2. The van der Waals surface area contributed by atoms with Crippen molar-refractivity contribution in [3.05, 3.63) is 47.4 Å². The van der Waals surface area contributed by atoms with Gasteiger partial charge in [-0.25, -0.2) is 9.37 Å². The molecule has 7 heteroatoms. The van der Waals surface area contributed by atoms with Crippen LogP contribution in [0, 0.1) is 5.82 Å². The molecule has 0 aliphatic carbocycles. The Labute approximate surface area is 124 Å². The molecule has 3 aromatic rings. The first-order valence-electron chi connectivity index (χ1n) is 6.06. The van der Waals surface area contributed by atoms with Gasteiger partial charge in [0.15, 0.2) is 0 Å². The van der Waals surface area contributed by atoms with Crippen LogP contribution in [0.25, 0.3) is 22.4 Å². The number of nitrogen functional groups attached to an aromatic ring is 2. The highest BCUT2D eigenvalue weighted by Gasteiger charge is 2.10. The van der Waals surface area contributed by atoms with Gasteiger partial charge in [0, 0.05) is 23.4 Å². The van der Waals surface area contributed by atoms with Crippen molar-refractivity contribution in [1.29, 1.82) is 0 Å². The van der Waals surface area contributed by atoms with Crippen molar-refractivity contribution in [3.8, 4) is 22.4 Å². The lowest BCUT2D eigenvalue weighted by Gasteiger charge is -2.08. The maximum Gasteiger partial charge on any atom is 0.145 e. The Morgan fingerprint density at radius 1 is 1.00 bits per heavy atom. The Bertz CT molecular complexity index is 815. The lowest BCUT2D eigenvalue weighted by atomic mass is 10.0. The van der Waals surface area contributed by atoms with E-state index in [4.69, 9.17) is 23.1 Å². The van der Waals surface area contributed by atoms with Crippen molar-refractivity contribution in [3.63, 3.8) is 0 Å². The van der Waals surface area contributed by atoms with E-state index in [2.05, 4.69) is 15.2 Å². The van der Waals surface area contributed by atoms with E-state index in [1.807, 2.05) is 0 Å². The van der Waals surface area contributed by atoms with E-state index in [0.29, 0.717) is 39.0 Å². The zero-order valence-corrected chi connectivity index (χ0v) is 11.5. The summed E-state index contributed by atoms with van der Waals surface area (Å²) in [4.78, 5) is 3.89. The number of rotatable bonds is 2. The predicted molar refractivity (Wildman–Crippen MR) is 81.0 cm³/mol. The summed E-state index contributed by atoms with van der Waals surface area (Å²) in [5.41, 5.74) is 13.7. The molecule has 0 saturated heterocycles. The van der Waals surface area contributed by atoms with Crippen LogP contribution in [0.4, 0.5) is 16.0 Å². The fourth-order valence-corrected chi connectivity index (χ4v) is 2.27. The number of nitrogens with two attached hydrogens (primary N) is 2. The van der Waals surface area contributed by atoms with Gasteiger partial charge in [-0.1, -0.05) is 11.6 Å². The quantitative estimate of drug-likeness (QED) is 0.678. The molecule has 0 spiro atoms. The predicted octanol–water partition coefficient (Wildman–Crippen LogP) is 3.10. The lowest BCUT2D eigenvalue weighted by Crippen LogP contribution is -1.92. The van der Waals surface area contributed by atoms with Gasteiger partial charge in [0.2, 0.25) is 0 Å². The number of hydrogen-bond acceptors (Lipinski definition) is 4. The first kappa shape index (κ1) is 13.4. The summed E-state index contributed by atoms with van der Waals surface area (Å²) in [6.07, 6.45) is 1.44. The van der Waals surface area contributed by atoms with Gasteiger partial charge in [0.25, 0.3) is 0 Å². The molecule has 0 atom stereocenters. The van der Waals surface area contributed by atoms with Gasteiger partial charge in [0.1, 0.15) is 17.5 Å². The second kappa shape index (κ2) is 5.06. The number of aromatic nitrogens is 3. The molecule has 0 saturated carbocycles. The molecule has 0 aliphatic heterocycles. The van der Waals surface area contributed by atoms with Crippen LogP contribution in [0.3, 0.4) is 0 Å². The number of halogens is 2. The molecule has 0 amide bonds. The van der Waals surface area contributed by atoms with Crippen molar-refractivity contribution in [2.24, 2.45) is 0 Å². The third-order valence-corrected chi connectivity index (χ3v) is 3.30. The second-order valence-corrected chi connectivity index (χ2v) is 4.93. The third-order valence-electron chi connectivity index (χ3n) is 2.99. The van der Waals surface area contributed by atoms with Crippen molar-refractivity contribution < 1.29 is 4.39 Å². The standard InChI is InChI=1S/C14H11ClFN5/c15-11-6-19-13(17)4-10(11)7-1-8(3-9(16)2-7)12-5-14(18)21-20-12/h1-6H,(H2,17,19)(H3,18,20,21). The first-order valence-corrected chi connectivity index (χ1v) is 6.44. The van der Waals surface area contributed by atoms with E-state index in [1.165, 1.54) is 18.3 Å². The molecule has 5 N–H and O–H groups in total. The largest absolute Gasteiger partial charge is 0.384 e. The summed E-state index contributed by atoms with van der Waals surface area (Å²) in [7, 11) is 0. The zero-order chi connectivity index (χ0) is 15.0. The monoisotopic (exact) mass is 303 g/mol. The molecule has 106 valence electrons. The fraction of sp³-hybridized carbons (Fsp3) is 0. The minimum Gasteiger partial charge on any atom is -0.384 e. The molecular weight excluding hydrogens is 293 g/mol. The minimum absolute atomic E-state index is 0.311. The average Bonchev–Trinajstić information content (AvgIpc) is 2.87. The third kappa shape index (κ3) is 2.66. The Morgan fingerprint density at radius 2 is 1.76 bits per heavy atom. The molecule has 0 aliphatic rings. The number of hydrogen-bond donors (Lipinski definition) is 3. The summed E-state index contributed by atoms with van der Waals surface area (Å²) in [5.74, 6) is 0.245. The van der Waals surface area contributed by atoms with E-state index in [9.17, 15) is 4.39 Å². The number of benzene rings is 1. The van der Waals surface area contributed by atoms with Gasteiger partial charge in [0.05, 0.1) is 10.7 Å². The van der Waals surface area contributed by atoms with Crippen LogP contribution < -0.4 is 11.5 Å². The zero-order valence-electron chi connectivity index (χ0n) is 10.8. The first-order chi connectivity index (χ1) is 10.0. The van der Waals surface area contributed by atoms with Gasteiger partial charge in [-0.05, 0) is 29.8 Å². The van der Waals surface area contributed by atoms with Crippen LogP contribution in [0.1, 0.15) is 0 Å². The Hall–Kier alpha value is -2.60. The number of nitrogens with one attached hydrogen (secondary N) is 1. The summed E-state index contributed by atoms with van der Waals surface area (Å²) in [6.45, 7) is 0. The highest BCUT2D eigenvalue weighted by atomic mass is 35.5. The smallest absolute Gasteiger partial charge is 0.145 e. The fourth-order valence-electron chi connectivity index (χ4n) is 2.06. The van der Waals surface area contributed by atoms with Crippen LogP contribution in [-0.2, 0) is 0 Å². The van der Waals surface area contributed by atoms with E-state index in [1.54, 1.807) is 18.2 Å². The lowest BCUT2D eigenvalue weighted by molar-refractivity contribution is 0.629. The molecule has 2 aromatic heterocycles. The molecule has 2 heterocycles. The highest BCUT2D eigenvalue weighted by molar-refractivity contribution is 6.33. The summed E-state index contributed by atoms with van der Waals surface area (Å²) < 4.78 is 13.9. The Morgan fingerprint density at radius 3 is 2.48 bits per heavy atom. The van der Waals surface area contributed by atoms with Crippen molar-refractivity contribution >= 4 is 23.2 Å². The van der Waals surface area contributed by atoms with Crippen LogP contribution >= 0.6 is 11.6 Å². The van der Waals surface area contributed by atoms with Crippen LogP contribution in [0.2, 0.25) is 5.02 Å². The number of aromatic amines is 1. The Kier molecular flexibility index (Phi) is 3.23. The molecular formula is C14H11ClFN5. The molecule has 0 unspecified atom stereocenters. The van der Waals surface area contributed by atoms with Crippen LogP contribution in [0.5, 0.6) is 0 Å². The van der Waals surface area contributed by atoms with Gasteiger partial charge in [-0.2, -0.15) is 5.10 Å². The van der Waals surface area contributed by atoms with E-state index >= 15 is 0 Å². The molecule has 21 heavy (non-hydrogen) atoms. The Balaban J connectivity index is 2.16. The number of pyridine rings is 1. The SMILES string of the molecule is Nc1cc(-c2cc(F)cc(-c3cc(N)n[nH]3)c2)c(Cl)cn1. The summed E-state index contributed by atoms with van der Waals surface area (Å²) >= 11 is 6.10. The molecule has 0 radical (unpaired) electrons. The highest BCUT2D eigenvalue weighted by Crippen LogP contribution is 2.32. The molecule has 0 bridgehead atoms. The van der Waals surface area contributed by atoms with Gasteiger partial charge >= 0.3 is 0 Å². The van der Waals surface area contributed by atoms with E-state index in [0.717, 1.165) is 0 Å². The molecule has 1 aromatic carbocycles.